The fourth-order valence-corrected chi connectivity index (χ4v) is 3.72. The number of rotatable bonds is 9. The molecule has 4 N–H and O–H groups in total. The van der Waals surface area contributed by atoms with Crippen LogP contribution in [0.1, 0.15) is 34.1 Å². The first-order valence-electron chi connectivity index (χ1n) is 9.02. The van der Waals surface area contributed by atoms with Gasteiger partial charge < -0.3 is 24.6 Å². The molecule has 1 rings (SSSR count). The molecular formula is C19H28NO8P. The normalized spacial score (nSPS) is 15.6. The lowest BCUT2D eigenvalue weighted by Gasteiger charge is -2.34. The average molecular weight is 429 g/mol. The summed E-state index contributed by atoms with van der Waals surface area (Å²) in [5, 5.41) is 21.7. The monoisotopic (exact) mass is 429 g/mol. The number of aliphatic hydroxyl groups excluding tert-OH is 2. The van der Waals surface area contributed by atoms with Crippen molar-refractivity contribution in [3.8, 4) is 0 Å². The van der Waals surface area contributed by atoms with E-state index in [0.717, 1.165) is 0 Å². The van der Waals surface area contributed by atoms with Crippen LogP contribution in [-0.2, 0) is 19.1 Å². The van der Waals surface area contributed by atoms with Crippen molar-refractivity contribution in [1.82, 2.24) is 5.32 Å². The number of amides is 1. The first-order chi connectivity index (χ1) is 13.5. The molecular weight excluding hydrogens is 401 g/mol. The third kappa shape index (κ3) is 7.04. The smallest absolute Gasteiger partial charge is 0.408 e. The lowest BCUT2D eigenvalue weighted by molar-refractivity contribution is -0.155. The zero-order valence-electron chi connectivity index (χ0n) is 16.9. The molecule has 0 aliphatic heterocycles. The van der Waals surface area contributed by atoms with Crippen molar-refractivity contribution in [2.24, 2.45) is 0 Å². The van der Waals surface area contributed by atoms with Gasteiger partial charge in [-0.2, -0.15) is 0 Å². The first-order valence-corrected chi connectivity index (χ1v) is 10.3. The summed E-state index contributed by atoms with van der Waals surface area (Å²) in [4.78, 5) is 49.1. The third-order valence-corrected chi connectivity index (χ3v) is 5.20. The second kappa shape index (κ2) is 10.6. The van der Waals surface area contributed by atoms with Gasteiger partial charge in [-0.25, -0.2) is 9.59 Å². The van der Waals surface area contributed by atoms with Crippen molar-refractivity contribution in [2.45, 2.75) is 51.4 Å². The number of ether oxygens (including phenoxy) is 2. The van der Waals surface area contributed by atoms with E-state index in [9.17, 15) is 29.5 Å². The molecule has 0 aliphatic carbocycles. The molecule has 0 spiro atoms. The second-order valence-electron chi connectivity index (χ2n) is 7.25. The van der Waals surface area contributed by atoms with Crippen LogP contribution in [0.4, 0.5) is 4.79 Å². The van der Waals surface area contributed by atoms with Crippen LogP contribution in [0, 0.1) is 0 Å². The lowest BCUT2D eigenvalue weighted by Crippen LogP contribution is -2.62. The fraction of sp³-hybridized carbons (Fsp3) is 0.526. The van der Waals surface area contributed by atoms with E-state index in [-0.39, 0.29) is 11.9 Å². The van der Waals surface area contributed by atoms with Gasteiger partial charge in [-0.05, 0) is 27.7 Å². The molecule has 1 unspecified atom stereocenters. The maximum absolute atomic E-state index is 13.2. The number of hydrogen-bond acceptors (Lipinski definition) is 8. The number of esters is 1. The Kier molecular flexibility index (Phi) is 9.16. The minimum Gasteiger partial charge on any atom is -0.464 e. The quantitative estimate of drug-likeness (QED) is 0.256. The van der Waals surface area contributed by atoms with Crippen molar-refractivity contribution in [3.63, 3.8) is 0 Å². The second-order valence-corrected chi connectivity index (χ2v) is 8.79. The number of carbonyl (C=O) groups is 3. The molecule has 0 saturated heterocycles. The Hall–Kier alpha value is -2.06. The van der Waals surface area contributed by atoms with E-state index in [2.05, 4.69) is 5.32 Å². The highest BCUT2D eigenvalue weighted by Crippen LogP contribution is 2.38. The van der Waals surface area contributed by atoms with Crippen LogP contribution in [0.2, 0.25) is 0 Å². The van der Waals surface area contributed by atoms with Crippen molar-refractivity contribution >= 4 is 31.0 Å². The minimum absolute atomic E-state index is 0.117. The molecule has 0 aromatic heterocycles. The topological polar surface area (TPSA) is 142 Å². The van der Waals surface area contributed by atoms with Crippen LogP contribution < -0.4 is 10.6 Å². The van der Waals surface area contributed by atoms with Crippen molar-refractivity contribution in [1.29, 1.82) is 0 Å². The Morgan fingerprint density at radius 1 is 1.17 bits per heavy atom. The average Bonchev–Trinajstić information content (AvgIpc) is 2.65. The maximum Gasteiger partial charge on any atom is 0.408 e. The summed E-state index contributed by atoms with van der Waals surface area (Å²) >= 11 is 0. The van der Waals surface area contributed by atoms with Gasteiger partial charge >= 0.3 is 12.1 Å². The summed E-state index contributed by atoms with van der Waals surface area (Å²) in [5.41, 5.74) is -4.45. The van der Waals surface area contributed by atoms with Crippen LogP contribution in [0.5, 0.6) is 0 Å². The molecule has 10 heteroatoms. The molecule has 29 heavy (non-hydrogen) atoms. The van der Waals surface area contributed by atoms with E-state index in [4.69, 9.17) is 9.47 Å². The SMILES string of the molecule is CCOC(=O)[C@@](C[C@H](O)CO)(NC(=O)OC(C)(C)C)C(=O)P(O)c1ccccc1. The van der Waals surface area contributed by atoms with Gasteiger partial charge in [0.05, 0.1) is 19.3 Å². The van der Waals surface area contributed by atoms with E-state index in [1.807, 2.05) is 0 Å². The van der Waals surface area contributed by atoms with Gasteiger partial charge in [-0.15, -0.1) is 0 Å². The Balaban J connectivity index is 3.42. The van der Waals surface area contributed by atoms with E-state index >= 15 is 0 Å². The number of benzene rings is 1. The highest BCUT2D eigenvalue weighted by atomic mass is 31.1. The predicted molar refractivity (Wildman–Crippen MR) is 107 cm³/mol. The molecule has 0 bridgehead atoms. The predicted octanol–water partition coefficient (Wildman–Crippen LogP) is 0.798. The van der Waals surface area contributed by atoms with Gasteiger partial charge in [0.2, 0.25) is 11.1 Å². The number of nitrogens with one attached hydrogen (secondary N) is 1. The number of carbonyl (C=O) groups excluding carboxylic acids is 3. The van der Waals surface area contributed by atoms with E-state index in [0.29, 0.717) is 0 Å². The van der Waals surface area contributed by atoms with Crippen LogP contribution in [0.3, 0.4) is 0 Å². The first kappa shape index (κ1) is 25.0. The Labute approximate surface area is 170 Å². The van der Waals surface area contributed by atoms with Crippen LogP contribution in [-0.4, -0.2) is 63.2 Å². The van der Waals surface area contributed by atoms with Crippen LogP contribution in [0.15, 0.2) is 30.3 Å². The molecule has 0 aliphatic rings. The molecule has 1 aromatic carbocycles. The Morgan fingerprint density at radius 3 is 2.24 bits per heavy atom. The molecule has 3 atom stereocenters. The van der Waals surface area contributed by atoms with E-state index < -0.39 is 56.0 Å². The third-order valence-electron chi connectivity index (χ3n) is 3.65. The van der Waals surface area contributed by atoms with E-state index in [1.165, 1.54) is 19.1 Å². The van der Waals surface area contributed by atoms with E-state index in [1.54, 1.807) is 39.0 Å². The van der Waals surface area contributed by atoms with Gasteiger partial charge in [0.25, 0.3) is 0 Å². The summed E-state index contributed by atoms with van der Waals surface area (Å²) in [7, 11) is -2.57. The molecule has 9 nitrogen and oxygen atoms in total. The standard InChI is InChI=1S/C19H28NO8P/c1-5-27-15(23)19(11-13(22)12-21,20-17(25)28-18(2,3)4)16(24)29(26)14-9-7-6-8-10-14/h6-10,13,21-22,26H,5,11-12H2,1-4H3,(H,20,25)/t13-,19+,29?/m0/s1. The summed E-state index contributed by atoms with van der Waals surface area (Å²) in [5.74, 6) is -1.17. The van der Waals surface area contributed by atoms with Gasteiger partial charge in [-0.1, -0.05) is 30.3 Å². The molecule has 1 amide bonds. The Morgan fingerprint density at radius 2 is 1.76 bits per heavy atom. The van der Waals surface area contributed by atoms with Crippen LogP contribution >= 0.6 is 8.15 Å². The minimum atomic E-state index is -2.57. The lowest BCUT2D eigenvalue weighted by atomic mass is 9.93. The maximum atomic E-state index is 13.2. The molecule has 162 valence electrons. The van der Waals surface area contributed by atoms with Gasteiger partial charge in [0.15, 0.2) is 0 Å². The molecule has 0 fully saturated rings. The molecule has 0 radical (unpaired) electrons. The largest absolute Gasteiger partial charge is 0.464 e. The number of aliphatic hydroxyl groups is 2. The Bertz CT molecular complexity index is 706. The van der Waals surface area contributed by atoms with Gasteiger partial charge in [-0.3, -0.25) is 10.1 Å². The van der Waals surface area contributed by atoms with Gasteiger partial charge in [0, 0.05) is 11.7 Å². The fourth-order valence-electron chi connectivity index (χ4n) is 2.43. The summed E-state index contributed by atoms with van der Waals surface area (Å²) in [6, 6.07) is 7.88. The number of hydrogen-bond donors (Lipinski definition) is 4. The van der Waals surface area contributed by atoms with Crippen LogP contribution in [0.25, 0.3) is 0 Å². The summed E-state index contributed by atoms with van der Waals surface area (Å²) in [6.07, 6.45) is -3.36. The molecule has 0 saturated carbocycles. The van der Waals surface area contributed by atoms with Crippen molar-refractivity contribution in [3.05, 3.63) is 30.3 Å². The summed E-state index contributed by atoms with van der Waals surface area (Å²) in [6.45, 7) is 5.37. The summed E-state index contributed by atoms with van der Waals surface area (Å²) < 4.78 is 10.1. The zero-order chi connectivity index (χ0) is 22.2. The highest BCUT2D eigenvalue weighted by molar-refractivity contribution is 7.77. The number of alkyl carbamates (subject to hydrolysis) is 1. The zero-order valence-corrected chi connectivity index (χ0v) is 17.8. The van der Waals surface area contributed by atoms with Gasteiger partial charge in [0.1, 0.15) is 13.7 Å². The highest BCUT2D eigenvalue weighted by Gasteiger charge is 2.53. The van der Waals surface area contributed by atoms with Crippen molar-refractivity contribution < 1.29 is 39.0 Å². The molecule has 1 aromatic rings. The van der Waals surface area contributed by atoms with Crippen molar-refractivity contribution in [2.75, 3.05) is 13.2 Å². The molecule has 0 heterocycles.